The predicted octanol–water partition coefficient (Wildman–Crippen LogP) is 2.15. The van der Waals surface area contributed by atoms with E-state index in [9.17, 15) is 9.59 Å². The second kappa shape index (κ2) is 4.23. The lowest BCUT2D eigenvalue weighted by Crippen LogP contribution is -2.37. The summed E-state index contributed by atoms with van der Waals surface area (Å²) in [6.07, 6.45) is 4.93. The molecule has 0 unspecified atom stereocenters. The number of aldehydes is 1. The number of carbonyl (C=O) groups excluding carboxylic acids is 2. The number of benzene rings is 1. The van der Waals surface area contributed by atoms with Crippen molar-refractivity contribution >= 4 is 12.2 Å². The van der Waals surface area contributed by atoms with Crippen molar-refractivity contribution < 1.29 is 9.59 Å². The molecule has 0 spiro atoms. The second-order valence-corrected chi connectivity index (χ2v) is 5.32. The average Bonchev–Trinajstić information content (AvgIpc) is 3.05. The molecule has 1 amide bonds. The highest BCUT2D eigenvalue weighted by Crippen LogP contribution is 2.50. The van der Waals surface area contributed by atoms with Crippen LogP contribution in [0.2, 0.25) is 0 Å². The van der Waals surface area contributed by atoms with Crippen molar-refractivity contribution in [2.24, 2.45) is 0 Å². The fraction of sp³-hybridized carbons (Fsp3) is 0.467. The molecule has 3 nitrogen and oxygen atoms in total. The quantitative estimate of drug-likeness (QED) is 0.763. The van der Waals surface area contributed by atoms with Gasteiger partial charge in [-0.25, -0.2) is 0 Å². The van der Waals surface area contributed by atoms with E-state index >= 15 is 0 Å². The Bertz CT molecular complexity index is 485. The molecule has 3 heteroatoms. The fourth-order valence-electron chi connectivity index (χ4n) is 2.88. The first-order valence-electron chi connectivity index (χ1n) is 6.61. The predicted molar refractivity (Wildman–Crippen MR) is 68.6 cm³/mol. The van der Waals surface area contributed by atoms with Gasteiger partial charge in [0.25, 0.3) is 0 Å². The highest BCUT2D eigenvalue weighted by atomic mass is 16.2. The van der Waals surface area contributed by atoms with E-state index in [4.69, 9.17) is 0 Å². The molecule has 1 aromatic carbocycles. The van der Waals surface area contributed by atoms with Gasteiger partial charge in [-0.1, -0.05) is 18.2 Å². The fourth-order valence-corrected chi connectivity index (χ4v) is 2.88. The van der Waals surface area contributed by atoms with E-state index in [1.54, 1.807) is 6.07 Å². The zero-order valence-electron chi connectivity index (χ0n) is 10.4. The van der Waals surface area contributed by atoms with Crippen LogP contribution in [0.5, 0.6) is 0 Å². The van der Waals surface area contributed by atoms with E-state index in [0.29, 0.717) is 5.56 Å². The van der Waals surface area contributed by atoms with Crippen LogP contribution in [0.3, 0.4) is 0 Å². The molecule has 1 aliphatic heterocycles. The van der Waals surface area contributed by atoms with Crippen molar-refractivity contribution in [1.82, 2.24) is 4.90 Å². The van der Waals surface area contributed by atoms with Crippen molar-refractivity contribution in [3.8, 4) is 0 Å². The van der Waals surface area contributed by atoms with Gasteiger partial charge >= 0.3 is 0 Å². The van der Waals surface area contributed by atoms with Crippen LogP contribution in [0.25, 0.3) is 0 Å². The van der Waals surface area contributed by atoms with Gasteiger partial charge in [0, 0.05) is 18.7 Å². The Labute approximate surface area is 107 Å². The topological polar surface area (TPSA) is 37.4 Å². The van der Waals surface area contributed by atoms with Gasteiger partial charge in [-0.15, -0.1) is 0 Å². The molecule has 0 bridgehead atoms. The number of carbonyl (C=O) groups is 2. The van der Waals surface area contributed by atoms with E-state index < -0.39 is 0 Å². The molecule has 0 radical (unpaired) electrons. The van der Waals surface area contributed by atoms with E-state index in [0.717, 1.165) is 50.6 Å². The molecule has 3 rings (SSSR count). The number of rotatable bonds is 3. The second-order valence-electron chi connectivity index (χ2n) is 5.32. The van der Waals surface area contributed by atoms with Crippen molar-refractivity contribution in [2.75, 3.05) is 13.1 Å². The Morgan fingerprint density at radius 3 is 2.56 bits per heavy atom. The minimum Gasteiger partial charge on any atom is -0.342 e. The number of hydrogen-bond acceptors (Lipinski definition) is 2. The summed E-state index contributed by atoms with van der Waals surface area (Å²) in [7, 11) is 0. The summed E-state index contributed by atoms with van der Waals surface area (Å²) < 4.78 is 0. The van der Waals surface area contributed by atoms with E-state index in [1.807, 2.05) is 23.1 Å². The lowest BCUT2D eigenvalue weighted by atomic mass is 9.93. The number of nitrogens with zero attached hydrogens (tertiary/aromatic N) is 1. The molecular weight excluding hydrogens is 226 g/mol. The van der Waals surface area contributed by atoms with E-state index in [2.05, 4.69) is 0 Å². The van der Waals surface area contributed by atoms with Gasteiger partial charge in [0.1, 0.15) is 6.29 Å². The molecule has 1 heterocycles. The molecule has 2 fully saturated rings. The maximum atomic E-state index is 12.6. The maximum absolute atomic E-state index is 12.6. The molecule has 94 valence electrons. The largest absolute Gasteiger partial charge is 0.342 e. The van der Waals surface area contributed by atoms with Gasteiger partial charge in [0.2, 0.25) is 5.91 Å². The zero-order valence-corrected chi connectivity index (χ0v) is 10.4. The third-order valence-electron chi connectivity index (χ3n) is 4.13. The van der Waals surface area contributed by atoms with E-state index in [1.165, 1.54) is 0 Å². The van der Waals surface area contributed by atoms with Crippen LogP contribution in [0.4, 0.5) is 0 Å². The van der Waals surface area contributed by atoms with E-state index in [-0.39, 0.29) is 11.3 Å². The molecule has 1 saturated heterocycles. The summed E-state index contributed by atoms with van der Waals surface area (Å²) in [5.41, 5.74) is 1.36. The molecule has 0 aromatic heterocycles. The Balaban J connectivity index is 1.89. The summed E-state index contributed by atoms with van der Waals surface area (Å²) in [6, 6.07) is 7.51. The Kier molecular flexibility index (Phi) is 2.69. The molecule has 1 aliphatic carbocycles. The van der Waals surface area contributed by atoms with Gasteiger partial charge in [-0.3, -0.25) is 9.59 Å². The zero-order chi connectivity index (χ0) is 12.6. The maximum Gasteiger partial charge on any atom is 0.233 e. The first kappa shape index (κ1) is 11.5. The Morgan fingerprint density at radius 2 is 1.94 bits per heavy atom. The van der Waals surface area contributed by atoms with Crippen LogP contribution < -0.4 is 0 Å². The molecule has 0 atom stereocenters. The monoisotopic (exact) mass is 243 g/mol. The van der Waals surface area contributed by atoms with Crippen LogP contribution in [0.1, 0.15) is 41.6 Å². The van der Waals surface area contributed by atoms with Gasteiger partial charge < -0.3 is 4.90 Å². The first-order chi connectivity index (χ1) is 8.76. The number of hydrogen-bond donors (Lipinski definition) is 0. The third-order valence-corrected chi connectivity index (χ3v) is 4.13. The standard InChI is InChI=1S/C15H17NO2/c17-11-12-4-3-5-13(10-12)15(6-7-15)14(18)16-8-1-2-9-16/h3-5,10-11H,1-2,6-9H2. The first-order valence-corrected chi connectivity index (χ1v) is 6.61. The van der Waals surface area contributed by atoms with Gasteiger partial charge in [-0.05, 0) is 37.3 Å². The van der Waals surface area contributed by atoms with Crippen molar-refractivity contribution in [3.63, 3.8) is 0 Å². The summed E-state index contributed by atoms with van der Waals surface area (Å²) in [6.45, 7) is 1.79. The van der Waals surface area contributed by atoms with Crippen molar-refractivity contribution in [1.29, 1.82) is 0 Å². The Morgan fingerprint density at radius 1 is 1.22 bits per heavy atom. The summed E-state index contributed by atoms with van der Waals surface area (Å²) in [4.78, 5) is 25.4. The lowest BCUT2D eigenvalue weighted by molar-refractivity contribution is -0.132. The lowest BCUT2D eigenvalue weighted by Gasteiger charge is -2.23. The summed E-state index contributed by atoms with van der Waals surface area (Å²) in [5, 5.41) is 0. The molecule has 18 heavy (non-hydrogen) atoms. The Hall–Kier alpha value is -1.64. The smallest absolute Gasteiger partial charge is 0.233 e. The van der Waals surface area contributed by atoms with Crippen molar-refractivity contribution in [2.45, 2.75) is 31.1 Å². The highest BCUT2D eigenvalue weighted by Gasteiger charge is 2.53. The highest BCUT2D eigenvalue weighted by molar-refractivity contribution is 5.92. The normalized spacial score (nSPS) is 20.8. The van der Waals surface area contributed by atoms with Crippen molar-refractivity contribution in [3.05, 3.63) is 35.4 Å². The van der Waals surface area contributed by atoms with Gasteiger partial charge in [-0.2, -0.15) is 0 Å². The number of amides is 1. The molecule has 1 saturated carbocycles. The van der Waals surface area contributed by atoms with Crippen LogP contribution in [-0.4, -0.2) is 30.2 Å². The van der Waals surface area contributed by atoms with Crippen LogP contribution >= 0.6 is 0 Å². The molecular formula is C15H17NO2. The molecule has 1 aromatic rings. The van der Waals surface area contributed by atoms with Crippen LogP contribution in [0, 0.1) is 0 Å². The molecule has 0 N–H and O–H groups in total. The SMILES string of the molecule is O=Cc1cccc(C2(C(=O)N3CCCC3)CC2)c1. The van der Waals surface area contributed by atoms with Gasteiger partial charge in [0.15, 0.2) is 0 Å². The number of likely N-dealkylation sites (tertiary alicyclic amines) is 1. The average molecular weight is 243 g/mol. The summed E-state index contributed by atoms with van der Waals surface area (Å²) in [5.74, 6) is 0.267. The van der Waals surface area contributed by atoms with Crippen LogP contribution in [0.15, 0.2) is 24.3 Å². The molecule has 2 aliphatic rings. The third kappa shape index (κ3) is 1.74. The van der Waals surface area contributed by atoms with Crippen LogP contribution in [-0.2, 0) is 10.2 Å². The minimum absolute atomic E-state index is 0.267. The summed E-state index contributed by atoms with van der Waals surface area (Å²) >= 11 is 0. The minimum atomic E-state index is -0.316. The van der Waals surface area contributed by atoms with Gasteiger partial charge in [0.05, 0.1) is 5.41 Å².